The van der Waals surface area contributed by atoms with Crippen molar-refractivity contribution in [3.8, 4) is 0 Å². The number of rotatable bonds is 10. The fourth-order valence-corrected chi connectivity index (χ4v) is 4.55. The zero-order chi connectivity index (χ0) is 28.3. The number of aliphatic hydroxyl groups is 1. The second-order valence-corrected chi connectivity index (χ2v) is 11.1. The summed E-state index contributed by atoms with van der Waals surface area (Å²) in [7, 11) is -4.02. The lowest BCUT2D eigenvalue weighted by Gasteiger charge is -2.12. The van der Waals surface area contributed by atoms with Crippen LogP contribution in [0.5, 0.6) is 0 Å². The lowest BCUT2D eigenvalue weighted by molar-refractivity contribution is -0.115. The molecule has 0 aliphatic rings. The number of thiazole rings is 1. The van der Waals surface area contributed by atoms with Crippen LogP contribution >= 0.6 is 11.3 Å². The molecule has 0 fully saturated rings. The van der Waals surface area contributed by atoms with E-state index < -0.39 is 16.2 Å². The highest BCUT2D eigenvalue weighted by Gasteiger charge is 2.09. The predicted molar refractivity (Wildman–Crippen MR) is 154 cm³/mol. The Morgan fingerprint density at radius 2 is 1.69 bits per heavy atom. The van der Waals surface area contributed by atoms with Crippen LogP contribution in [0.2, 0.25) is 0 Å². The van der Waals surface area contributed by atoms with Gasteiger partial charge < -0.3 is 21.5 Å². The van der Waals surface area contributed by atoms with E-state index in [-0.39, 0.29) is 17.2 Å². The van der Waals surface area contributed by atoms with E-state index >= 15 is 0 Å². The van der Waals surface area contributed by atoms with E-state index in [0.29, 0.717) is 17.4 Å². The van der Waals surface area contributed by atoms with Crippen LogP contribution < -0.4 is 16.4 Å². The molecule has 1 amide bonds. The number of aryl methyl sites for hydroxylation is 1. The number of nitrogens with one attached hydrogen (secondary N) is 2. The molecule has 6 N–H and O–H groups in total. The predicted octanol–water partition coefficient (Wildman–Crippen LogP) is 4.01. The van der Waals surface area contributed by atoms with E-state index in [1.54, 1.807) is 17.5 Å². The summed E-state index contributed by atoms with van der Waals surface area (Å²) >= 11 is 1.33. The second kappa shape index (κ2) is 14.5. The van der Waals surface area contributed by atoms with Crippen LogP contribution in [0, 0.1) is 6.92 Å². The molecule has 0 aliphatic heterocycles. The normalized spacial score (nSPS) is 11.8. The number of anilines is 2. The molecule has 0 saturated heterocycles. The van der Waals surface area contributed by atoms with Gasteiger partial charge in [-0.15, -0.1) is 11.3 Å². The smallest absolute Gasteiger partial charge is 0.294 e. The minimum atomic E-state index is -4.02. The Morgan fingerprint density at radius 1 is 1.03 bits per heavy atom. The Labute approximate surface area is 232 Å². The lowest BCUT2D eigenvalue weighted by Crippen LogP contribution is -2.23. The van der Waals surface area contributed by atoms with Crippen molar-refractivity contribution in [2.45, 2.75) is 30.8 Å². The molecule has 0 bridgehead atoms. The number of nitrogens with two attached hydrogens (primary N) is 1. The molecular weight excluding hydrogens is 536 g/mol. The summed E-state index contributed by atoms with van der Waals surface area (Å²) in [6.07, 6.45) is 0.545. The van der Waals surface area contributed by atoms with Gasteiger partial charge in [0.1, 0.15) is 0 Å². The van der Waals surface area contributed by atoms with Crippen LogP contribution in [0.25, 0.3) is 0 Å². The maximum Gasteiger partial charge on any atom is 0.294 e. The molecule has 1 aromatic heterocycles. The average Bonchev–Trinajstić information content (AvgIpc) is 3.32. The lowest BCUT2D eigenvalue weighted by atomic mass is 10.1. The van der Waals surface area contributed by atoms with E-state index in [0.717, 1.165) is 35.3 Å². The topological polar surface area (TPSA) is 155 Å². The van der Waals surface area contributed by atoms with Gasteiger partial charge in [-0.2, -0.15) is 8.42 Å². The van der Waals surface area contributed by atoms with Crippen LogP contribution in [0.4, 0.5) is 10.8 Å². The third-order valence-corrected chi connectivity index (χ3v) is 7.17. The van der Waals surface area contributed by atoms with E-state index in [9.17, 15) is 18.3 Å². The molecule has 0 unspecified atom stereocenters. The number of hydrogen-bond acceptors (Lipinski definition) is 8. The molecule has 0 spiro atoms. The first-order valence-electron chi connectivity index (χ1n) is 12.2. The maximum atomic E-state index is 12.0. The van der Waals surface area contributed by atoms with Gasteiger partial charge >= 0.3 is 0 Å². The van der Waals surface area contributed by atoms with Crippen molar-refractivity contribution in [3.05, 3.63) is 107 Å². The quantitative estimate of drug-likeness (QED) is 0.142. The van der Waals surface area contributed by atoms with E-state index in [2.05, 4.69) is 15.6 Å². The van der Waals surface area contributed by atoms with E-state index in [1.807, 2.05) is 61.5 Å². The van der Waals surface area contributed by atoms with Gasteiger partial charge in [0.2, 0.25) is 5.91 Å². The minimum absolute atomic E-state index is 0.0666. The zero-order valence-corrected chi connectivity index (χ0v) is 23.1. The van der Waals surface area contributed by atoms with Crippen molar-refractivity contribution in [1.29, 1.82) is 0 Å². The van der Waals surface area contributed by atoms with Crippen LogP contribution in [0.15, 0.2) is 89.1 Å². The first-order valence-corrected chi connectivity index (χ1v) is 14.5. The molecule has 0 saturated carbocycles. The van der Waals surface area contributed by atoms with Crippen molar-refractivity contribution in [2.24, 2.45) is 0 Å². The largest absolute Gasteiger partial charge is 0.387 e. The number of carbonyl (C=O) groups is 1. The number of aliphatic hydroxyl groups excluding tert-OH is 1. The molecular formula is C28H32N4O5S2. The highest BCUT2D eigenvalue weighted by atomic mass is 32.2. The number of amides is 1. The van der Waals surface area contributed by atoms with Gasteiger partial charge in [-0.1, -0.05) is 60.2 Å². The zero-order valence-electron chi connectivity index (χ0n) is 21.4. The van der Waals surface area contributed by atoms with Crippen molar-refractivity contribution in [1.82, 2.24) is 10.3 Å². The molecule has 11 heteroatoms. The fraction of sp³-hybridized carbons (Fsp3) is 0.214. The molecule has 0 radical (unpaired) electrons. The van der Waals surface area contributed by atoms with E-state index in [1.165, 1.54) is 23.5 Å². The van der Waals surface area contributed by atoms with E-state index in [4.69, 9.17) is 10.3 Å². The van der Waals surface area contributed by atoms with Gasteiger partial charge in [0.05, 0.1) is 23.1 Å². The standard InChI is InChI=1S/C21H24N4O2S.C7H8O3S/c22-21-25-18(14-28-21)12-20(27)24-17-8-6-15(7-9-17)10-11-23-13-19(26)16-4-2-1-3-5-16;1-6-2-4-7(5-3-6)11(8,9)10/h1-9,14,19,23,26H,10-13H2,(H2,22,25)(H,24,27);2-5H,1H3,(H,8,9,10)/t19-;/m0./s1. The molecule has 0 aliphatic carbocycles. The Morgan fingerprint density at radius 3 is 2.28 bits per heavy atom. The molecule has 1 heterocycles. The monoisotopic (exact) mass is 568 g/mol. The summed E-state index contributed by atoms with van der Waals surface area (Å²) in [4.78, 5) is 16.1. The number of aromatic nitrogens is 1. The molecule has 4 aromatic rings. The van der Waals surface area contributed by atoms with Crippen LogP contribution in [0.1, 0.15) is 28.5 Å². The summed E-state index contributed by atoms with van der Waals surface area (Å²) < 4.78 is 29.6. The molecule has 206 valence electrons. The fourth-order valence-electron chi connectivity index (χ4n) is 3.50. The summed E-state index contributed by atoms with van der Waals surface area (Å²) in [5.41, 5.74) is 10.0. The Bertz CT molecular complexity index is 1430. The second-order valence-electron chi connectivity index (χ2n) is 8.77. The number of nitrogens with zero attached hydrogens (tertiary/aromatic N) is 1. The Hall–Kier alpha value is -3.61. The summed E-state index contributed by atoms with van der Waals surface area (Å²) in [5.74, 6) is -0.116. The van der Waals surface area contributed by atoms with Gasteiger partial charge in [0, 0.05) is 17.6 Å². The maximum absolute atomic E-state index is 12.0. The van der Waals surface area contributed by atoms with Crippen molar-refractivity contribution < 1.29 is 22.9 Å². The van der Waals surface area contributed by atoms with Crippen molar-refractivity contribution in [3.63, 3.8) is 0 Å². The molecule has 9 nitrogen and oxygen atoms in total. The number of benzene rings is 3. The Balaban J connectivity index is 0.000000320. The number of carbonyl (C=O) groups excluding carboxylic acids is 1. The molecule has 39 heavy (non-hydrogen) atoms. The minimum Gasteiger partial charge on any atom is -0.387 e. The van der Waals surface area contributed by atoms with Gasteiger partial charge in [-0.05, 0) is 55.3 Å². The molecule has 1 atom stereocenters. The highest BCUT2D eigenvalue weighted by molar-refractivity contribution is 7.85. The first-order chi connectivity index (χ1) is 18.6. The highest BCUT2D eigenvalue weighted by Crippen LogP contribution is 2.14. The third kappa shape index (κ3) is 10.6. The van der Waals surface area contributed by atoms with Gasteiger partial charge in [-0.3, -0.25) is 9.35 Å². The SMILES string of the molecule is Cc1ccc(S(=O)(=O)O)cc1.Nc1nc(CC(=O)Nc2ccc(CCNC[C@H](O)c3ccccc3)cc2)cs1. The first kappa shape index (κ1) is 29.9. The van der Waals surface area contributed by atoms with Crippen molar-refractivity contribution >= 4 is 38.2 Å². The summed E-state index contributed by atoms with van der Waals surface area (Å²) in [6.45, 7) is 3.12. The van der Waals surface area contributed by atoms with Crippen LogP contribution in [0.3, 0.4) is 0 Å². The van der Waals surface area contributed by atoms with Crippen LogP contribution in [-0.4, -0.2) is 42.1 Å². The summed E-state index contributed by atoms with van der Waals surface area (Å²) in [5, 5.41) is 18.5. The Kier molecular flexibility index (Phi) is 11.1. The number of nitrogen functional groups attached to an aromatic ring is 1. The van der Waals surface area contributed by atoms with Crippen molar-refractivity contribution in [2.75, 3.05) is 24.1 Å². The third-order valence-electron chi connectivity index (χ3n) is 5.58. The van der Waals surface area contributed by atoms with Crippen LogP contribution in [-0.2, 0) is 27.8 Å². The average molecular weight is 569 g/mol. The van der Waals surface area contributed by atoms with Gasteiger partial charge in [-0.25, -0.2) is 4.98 Å². The number of hydrogen-bond donors (Lipinski definition) is 5. The molecule has 4 rings (SSSR count). The van der Waals surface area contributed by atoms with Gasteiger partial charge in [0.15, 0.2) is 5.13 Å². The van der Waals surface area contributed by atoms with Gasteiger partial charge in [0.25, 0.3) is 10.1 Å². The molecule has 3 aromatic carbocycles. The summed E-state index contributed by atoms with van der Waals surface area (Å²) in [6, 6.07) is 23.4.